The molecular formula is C19H23ClN4O2. The molecule has 1 saturated heterocycles. The molecule has 1 amide bonds. The van der Waals surface area contributed by atoms with E-state index in [9.17, 15) is 4.79 Å². The van der Waals surface area contributed by atoms with Crippen molar-refractivity contribution in [1.29, 1.82) is 0 Å². The Balaban J connectivity index is 1.64. The predicted octanol–water partition coefficient (Wildman–Crippen LogP) is 3.62. The highest BCUT2D eigenvalue weighted by molar-refractivity contribution is 6.30. The van der Waals surface area contributed by atoms with E-state index in [1.165, 1.54) is 6.33 Å². The van der Waals surface area contributed by atoms with Crippen LogP contribution in [0.2, 0.25) is 5.02 Å². The van der Waals surface area contributed by atoms with Gasteiger partial charge >= 0.3 is 0 Å². The van der Waals surface area contributed by atoms with E-state index < -0.39 is 0 Å². The quantitative estimate of drug-likeness (QED) is 0.821. The Hall–Kier alpha value is -2.34. The molecule has 2 aromatic rings. The van der Waals surface area contributed by atoms with Crippen LogP contribution in [0, 0.1) is 5.41 Å². The average Bonchev–Trinajstić information content (AvgIpc) is 2.63. The van der Waals surface area contributed by atoms with Crippen LogP contribution in [-0.2, 0) is 4.79 Å². The van der Waals surface area contributed by atoms with Gasteiger partial charge in [-0.15, -0.1) is 0 Å². The molecule has 2 heterocycles. The molecule has 7 heteroatoms. The zero-order valence-electron chi connectivity index (χ0n) is 15.3. The van der Waals surface area contributed by atoms with Gasteiger partial charge in [-0.3, -0.25) is 4.79 Å². The Morgan fingerprint density at radius 3 is 2.35 bits per heavy atom. The summed E-state index contributed by atoms with van der Waals surface area (Å²) < 4.78 is 5.77. The predicted molar refractivity (Wildman–Crippen MR) is 102 cm³/mol. The minimum Gasteiger partial charge on any atom is -0.439 e. The van der Waals surface area contributed by atoms with E-state index in [0.29, 0.717) is 29.7 Å². The highest BCUT2D eigenvalue weighted by Gasteiger charge is 2.30. The number of benzene rings is 1. The van der Waals surface area contributed by atoms with E-state index >= 15 is 0 Å². The third kappa shape index (κ3) is 4.43. The number of hydrogen-bond acceptors (Lipinski definition) is 5. The molecule has 0 radical (unpaired) electrons. The smallest absolute Gasteiger partial charge is 0.228 e. The number of carbonyl (C=O) groups excluding carboxylic acids is 1. The Bertz CT molecular complexity index is 766. The molecule has 0 spiro atoms. The largest absolute Gasteiger partial charge is 0.439 e. The first-order chi connectivity index (χ1) is 12.3. The Morgan fingerprint density at radius 2 is 1.73 bits per heavy atom. The Labute approximate surface area is 158 Å². The van der Waals surface area contributed by atoms with Gasteiger partial charge in [-0.2, -0.15) is 0 Å². The van der Waals surface area contributed by atoms with Gasteiger partial charge in [-0.05, 0) is 24.3 Å². The van der Waals surface area contributed by atoms with Crippen LogP contribution in [0.15, 0.2) is 36.7 Å². The van der Waals surface area contributed by atoms with Crippen molar-refractivity contribution >= 4 is 23.3 Å². The van der Waals surface area contributed by atoms with Gasteiger partial charge in [0.1, 0.15) is 17.9 Å². The lowest BCUT2D eigenvalue weighted by molar-refractivity contribution is -0.139. The van der Waals surface area contributed by atoms with Crippen LogP contribution in [-0.4, -0.2) is 47.0 Å². The zero-order valence-corrected chi connectivity index (χ0v) is 16.0. The first-order valence-electron chi connectivity index (χ1n) is 8.63. The van der Waals surface area contributed by atoms with Crippen molar-refractivity contribution in [3.8, 4) is 11.6 Å². The van der Waals surface area contributed by atoms with Gasteiger partial charge in [0.2, 0.25) is 11.8 Å². The van der Waals surface area contributed by atoms with Crippen molar-refractivity contribution in [2.45, 2.75) is 20.8 Å². The summed E-state index contributed by atoms with van der Waals surface area (Å²) in [6, 6.07) is 8.94. The second-order valence-electron chi connectivity index (χ2n) is 7.30. The van der Waals surface area contributed by atoms with Gasteiger partial charge in [0, 0.05) is 42.7 Å². The molecule has 0 aliphatic carbocycles. The maximum Gasteiger partial charge on any atom is 0.228 e. The number of carbonyl (C=O) groups is 1. The van der Waals surface area contributed by atoms with Gasteiger partial charge in [0.05, 0.1) is 0 Å². The summed E-state index contributed by atoms with van der Waals surface area (Å²) in [5.41, 5.74) is -0.351. The summed E-state index contributed by atoms with van der Waals surface area (Å²) in [6.07, 6.45) is 1.49. The van der Waals surface area contributed by atoms with Crippen LogP contribution in [0.5, 0.6) is 11.6 Å². The molecule has 1 aromatic heterocycles. The number of halogens is 1. The summed E-state index contributed by atoms with van der Waals surface area (Å²) in [7, 11) is 0. The number of amides is 1. The summed E-state index contributed by atoms with van der Waals surface area (Å²) >= 11 is 5.89. The molecule has 138 valence electrons. The summed E-state index contributed by atoms with van der Waals surface area (Å²) in [5.74, 6) is 2.13. The van der Waals surface area contributed by atoms with Gasteiger partial charge in [-0.1, -0.05) is 32.4 Å². The average molecular weight is 375 g/mol. The molecule has 0 bridgehead atoms. The van der Waals surface area contributed by atoms with E-state index in [0.717, 1.165) is 18.9 Å². The third-order valence-corrected chi connectivity index (χ3v) is 4.45. The van der Waals surface area contributed by atoms with Crippen LogP contribution in [0.4, 0.5) is 5.82 Å². The minimum atomic E-state index is -0.351. The number of rotatable bonds is 3. The molecule has 1 aliphatic heterocycles. The molecule has 0 unspecified atom stereocenters. The maximum absolute atomic E-state index is 12.4. The van der Waals surface area contributed by atoms with Crippen molar-refractivity contribution in [3.63, 3.8) is 0 Å². The number of nitrogens with zero attached hydrogens (tertiary/aromatic N) is 4. The van der Waals surface area contributed by atoms with E-state index in [2.05, 4.69) is 14.9 Å². The van der Waals surface area contributed by atoms with E-state index in [-0.39, 0.29) is 11.3 Å². The number of ether oxygens (including phenoxy) is 1. The first-order valence-corrected chi connectivity index (χ1v) is 9.00. The molecule has 0 saturated carbocycles. The fourth-order valence-corrected chi connectivity index (χ4v) is 2.92. The molecule has 6 nitrogen and oxygen atoms in total. The first kappa shape index (κ1) is 18.5. The minimum absolute atomic E-state index is 0.187. The normalized spacial score (nSPS) is 15.1. The Kier molecular flexibility index (Phi) is 5.32. The maximum atomic E-state index is 12.4. The number of piperazine rings is 1. The number of hydrogen-bond donors (Lipinski definition) is 0. The highest BCUT2D eigenvalue weighted by atomic mass is 35.5. The highest BCUT2D eigenvalue weighted by Crippen LogP contribution is 2.25. The summed E-state index contributed by atoms with van der Waals surface area (Å²) in [6.45, 7) is 8.70. The second kappa shape index (κ2) is 7.50. The molecule has 3 rings (SSSR count). The molecule has 0 N–H and O–H groups in total. The fraction of sp³-hybridized carbons (Fsp3) is 0.421. The van der Waals surface area contributed by atoms with E-state index in [1.807, 2.05) is 31.7 Å². The molecule has 1 aromatic carbocycles. The standard InChI is InChI=1S/C19H23ClN4O2/c1-19(2,3)18(25)24-10-8-23(9-11-24)16-12-17(22-13-21-16)26-15-6-4-14(20)5-7-15/h4-7,12-13H,8-11H2,1-3H3. The molecule has 26 heavy (non-hydrogen) atoms. The van der Waals surface area contributed by atoms with Gasteiger partial charge in [0.25, 0.3) is 0 Å². The lowest BCUT2D eigenvalue weighted by atomic mass is 9.94. The SMILES string of the molecule is CC(C)(C)C(=O)N1CCN(c2cc(Oc3ccc(Cl)cc3)ncn2)CC1. The van der Waals surface area contributed by atoms with Crippen molar-refractivity contribution in [2.24, 2.45) is 5.41 Å². The van der Waals surface area contributed by atoms with Crippen molar-refractivity contribution in [3.05, 3.63) is 41.7 Å². The summed E-state index contributed by atoms with van der Waals surface area (Å²) in [5, 5.41) is 0.656. The lowest BCUT2D eigenvalue weighted by Crippen LogP contribution is -2.51. The van der Waals surface area contributed by atoms with Gasteiger partial charge in [0.15, 0.2) is 0 Å². The number of anilines is 1. The van der Waals surface area contributed by atoms with Crippen LogP contribution in [0.1, 0.15) is 20.8 Å². The molecule has 1 fully saturated rings. The lowest BCUT2D eigenvalue weighted by Gasteiger charge is -2.38. The monoisotopic (exact) mass is 374 g/mol. The third-order valence-electron chi connectivity index (χ3n) is 4.20. The topological polar surface area (TPSA) is 58.6 Å². The van der Waals surface area contributed by atoms with Gasteiger partial charge < -0.3 is 14.5 Å². The fourth-order valence-electron chi connectivity index (χ4n) is 2.80. The van der Waals surface area contributed by atoms with Crippen LogP contribution < -0.4 is 9.64 Å². The summed E-state index contributed by atoms with van der Waals surface area (Å²) in [4.78, 5) is 25.0. The zero-order chi connectivity index (χ0) is 18.7. The van der Waals surface area contributed by atoms with Crippen LogP contribution in [0.25, 0.3) is 0 Å². The van der Waals surface area contributed by atoms with E-state index in [4.69, 9.17) is 16.3 Å². The second-order valence-corrected chi connectivity index (χ2v) is 7.74. The van der Waals surface area contributed by atoms with Crippen molar-refractivity contribution in [2.75, 3.05) is 31.1 Å². The van der Waals surface area contributed by atoms with Gasteiger partial charge in [-0.25, -0.2) is 9.97 Å². The Morgan fingerprint density at radius 1 is 1.08 bits per heavy atom. The molecular weight excluding hydrogens is 352 g/mol. The van der Waals surface area contributed by atoms with E-state index in [1.54, 1.807) is 24.3 Å². The molecule has 0 atom stereocenters. The number of aromatic nitrogens is 2. The molecule has 1 aliphatic rings. The van der Waals surface area contributed by atoms with Crippen LogP contribution in [0.3, 0.4) is 0 Å². The van der Waals surface area contributed by atoms with Crippen LogP contribution >= 0.6 is 11.6 Å². The van der Waals surface area contributed by atoms with Crippen molar-refractivity contribution in [1.82, 2.24) is 14.9 Å². The van der Waals surface area contributed by atoms with Crippen molar-refractivity contribution < 1.29 is 9.53 Å².